The molecule has 106 valence electrons. The summed E-state index contributed by atoms with van der Waals surface area (Å²) in [6, 6.07) is 6.49. The van der Waals surface area contributed by atoms with E-state index in [0.717, 1.165) is 9.80 Å². The predicted octanol–water partition coefficient (Wildman–Crippen LogP) is 2.41. The van der Waals surface area contributed by atoms with Crippen molar-refractivity contribution in [3.05, 3.63) is 24.3 Å². The molecule has 2 rings (SSSR count). The number of imide groups is 2. The number of rotatable bonds is 4. The zero-order valence-electron chi connectivity index (χ0n) is 11.4. The fourth-order valence-electron chi connectivity index (χ4n) is 2.20. The van der Waals surface area contributed by atoms with Gasteiger partial charge in [-0.05, 0) is 24.8 Å². The molecule has 0 spiro atoms. The molecule has 1 aromatic carbocycles. The van der Waals surface area contributed by atoms with Crippen molar-refractivity contribution < 1.29 is 14.4 Å². The molecule has 5 nitrogen and oxygen atoms in total. The largest absolute Gasteiger partial charge is 0.335 e. The minimum Gasteiger partial charge on any atom is -0.277 e. The number of carbonyl (C=O) groups excluding carboxylic acids is 3. The van der Waals surface area contributed by atoms with E-state index in [2.05, 4.69) is 5.32 Å². The zero-order valence-corrected chi connectivity index (χ0v) is 12.2. The molecule has 0 aromatic heterocycles. The van der Waals surface area contributed by atoms with Crippen LogP contribution < -0.4 is 10.2 Å². The molecule has 0 saturated carbocycles. The summed E-state index contributed by atoms with van der Waals surface area (Å²) in [4.78, 5) is 38.1. The molecule has 1 saturated heterocycles. The van der Waals surface area contributed by atoms with Gasteiger partial charge in [-0.25, -0.2) is 9.69 Å². The first kappa shape index (κ1) is 14.6. The van der Waals surface area contributed by atoms with E-state index in [-0.39, 0.29) is 0 Å². The number of amides is 4. The van der Waals surface area contributed by atoms with E-state index in [1.54, 1.807) is 12.1 Å². The number of hydrogen-bond donors (Lipinski definition) is 1. The predicted molar refractivity (Wildman–Crippen MR) is 77.6 cm³/mol. The number of barbiturate groups is 1. The van der Waals surface area contributed by atoms with E-state index in [9.17, 15) is 14.4 Å². The molecule has 1 N–H and O–H groups in total. The number of thioether (sulfide) groups is 1. The highest BCUT2D eigenvalue weighted by atomic mass is 32.2. The van der Waals surface area contributed by atoms with Gasteiger partial charge in [0, 0.05) is 4.90 Å². The van der Waals surface area contributed by atoms with E-state index in [0.29, 0.717) is 18.5 Å². The summed E-state index contributed by atoms with van der Waals surface area (Å²) >= 11 is 1.45. The molecule has 20 heavy (non-hydrogen) atoms. The minimum atomic E-state index is -0.785. The standard InChI is InChI=1S/C14H16N2O3S/c1-3-6-9-12(17)15-14(19)16(13(9)18)10-7-4-5-8-11(10)20-2/h4-5,7-9H,3,6H2,1-2H3,(H,15,17,19). The van der Waals surface area contributed by atoms with E-state index in [1.165, 1.54) is 11.8 Å². The van der Waals surface area contributed by atoms with Crippen molar-refractivity contribution in [3.8, 4) is 0 Å². The van der Waals surface area contributed by atoms with Gasteiger partial charge in [0.2, 0.25) is 11.8 Å². The third-order valence-corrected chi connectivity index (χ3v) is 3.96. The van der Waals surface area contributed by atoms with Crippen LogP contribution in [0, 0.1) is 5.92 Å². The van der Waals surface area contributed by atoms with Crippen LogP contribution in [0.2, 0.25) is 0 Å². The average molecular weight is 292 g/mol. The first-order valence-electron chi connectivity index (χ1n) is 6.42. The van der Waals surface area contributed by atoms with Crippen LogP contribution >= 0.6 is 11.8 Å². The van der Waals surface area contributed by atoms with Crippen LogP contribution in [0.5, 0.6) is 0 Å². The maximum Gasteiger partial charge on any atom is 0.335 e. The molecule has 1 fully saturated rings. The number of hydrogen-bond acceptors (Lipinski definition) is 4. The summed E-state index contributed by atoms with van der Waals surface area (Å²) in [5, 5.41) is 2.26. The number of carbonyl (C=O) groups is 3. The molecular formula is C14H16N2O3S. The topological polar surface area (TPSA) is 66.5 Å². The molecule has 1 atom stereocenters. The van der Waals surface area contributed by atoms with E-state index >= 15 is 0 Å². The average Bonchev–Trinajstić information content (AvgIpc) is 2.44. The Morgan fingerprint density at radius 2 is 1.95 bits per heavy atom. The molecule has 4 amide bonds. The number of nitrogens with zero attached hydrogens (tertiary/aromatic N) is 1. The highest BCUT2D eigenvalue weighted by molar-refractivity contribution is 7.98. The molecule has 1 unspecified atom stereocenters. The third kappa shape index (κ3) is 2.56. The molecule has 0 bridgehead atoms. The van der Waals surface area contributed by atoms with E-state index in [4.69, 9.17) is 0 Å². The van der Waals surface area contributed by atoms with Gasteiger partial charge in [0.15, 0.2) is 0 Å². The van der Waals surface area contributed by atoms with Crippen molar-refractivity contribution in [1.82, 2.24) is 5.32 Å². The molecule has 6 heteroatoms. The Morgan fingerprint density at radius 3 is 2.60 bits per heavy atom. The molecule has 1 aromatic rings. The monoisotopic (exact) mass is 292 g/mol. The van der Waals surface area contributed by atoms with Crippen LogP contribution in [0.4, 0.5) is 10.5 Å². The van der Waals surface area contributed by atoms with Gasteiger partial charge in [-0.2, -0.15) is 0 Å². The van der Waals surface area contributed by atoms with Gasteiger partial charge in [0.05, 0.1) is 5.69 Å². The number of benzene rings is 1. The lowest BCUT2D eigenvalue weighted by Gasteiger charge is -2.30. The summed E-state index contributed by atoms with van der Waals surface area (Å²) in [7, 11) is 0. The highest BCUT2D eigenvalue weighted by Gasteiger charge is 2.41. The SMILES string of the molecule is CCCC1C(=O)NC(=O)N(c2ccccc2SC)C1=O. The zero-order chi connectivity index (χ0) is 14.7. The summed E-state index contributed by atoms with van der Waals surface area (Å²) in [5.41, 5.74) is 0.524. The highest BCUT2D eigenvalue weighted by Crippen LogP contribution is 2.31. The van der Waals surface area contributed by atoms with Gasteiger partial charge < -0.3 is 0 Å². The quantitative estimate of drug-likeness (QED) is 0.683. The molecule has 0 aliphatic carbocycles. The van der Waals surface area contributed by atoms with E-state index < -0.39 is 23.8 Å². The van der Waals surface area contributed by atoms with Crippen LogP contribution in [-0.2, 0) is 9.59 Å². The second-order valence-electron chi connectivity index (χ2n) is 4.48. The van der Waals surface area contributed by atoms with Gasteiger partial charge in [0.25, 0.3) is 0 Å². The molecule has 1 heterocycles. The molecular weight excluding hydrogens is 276 g/mol. The first-order chi connectivity index (χ1) is 9.60. The van der Waals surface area contributed by atoms with Gasteiger partial charge in [-0.3, -0.25) is 14.9 Å². The van der Waals surface area contributed by atoms with Crippen LogP contribution in [-0.4, -0.2) is 24.1 Å². The fraction of sp³-hybridized carbons (Fsp3) is 0.357. The maximum absolute atomic E-state index is 12.4. The number of urea groups is 1. The van der Waals surface area contributed by atoms with Crippen LogP contribution in [0.15, 0.2) is 29.2 Å². The Labute approximate surface area is 121 Å². The Hall–Kier alpha value is -1.82. The number of nitrogens with one attached hydrogen (secondary N) is 1. The van der Waals surface area contributed by atoms with Crippen molar-refractivity contribution in [1.29, 1.82) is 0 Å². The maximum atomic E-state index is 12.4. The summed E-state index contributed by atoms with van der Waals surface area (Å²) in [5.74, 6) is -1.73. The van der Waals surface area contributed by atoms with Crippen LogP contribution in [0.3, 0.4) is 0 Å². The fourth-order valence-corrected chi connectivity index (χ4v) is 2.79. The van der Waals surface area contributed by atoms with Gasteiger partial charge in [-0.15, -0.1) is 11.8 Å². The molecule has 0 radical (unpaired) electrons. The van der Waals surface area contributed by atoms with Gasteiger partial charge in [0.1, 0.15) is 5.92 Å². The Bertz CT molecular complexity index is 559. The van der Waals surface area contributed by atoms with Crippen molar-refractivity contribution in [3.63, 3.8) is 0 Å². The Kier molecular flexibility index (Phi) is 4.44. The molecule has 1 aliphatic heterocycles. The van der Waals surface area contributed by atoms with Crippen molar-refractivity contribution in [2.75, 3.05) is 11.2 Å². The van der Waals surface area contributed by atoms with Crippen LogP contribution in [0.25, 0.3) is 0 Å². The van der Waals surface area contributed by atoms with E-state index in [1.807, 2.05) is 25.3 Å². The lowest BCUT2D eigenvalue weighted by Crippen LogP contribution is -2.58. The minimum absolute atomic E-state index is 0.440. The smallest absolute Gasteiger partial charge is 0.277 e. The Morgan fingerprint density at radius 1 is 1.25 bits per heavy atom. The number of anilines is 1. The normalized spacial score (nSPS) is 19.2. The lowest BCUT2D eigenvalue weighted by molar-refractivity contribution is -0.134. The van der Waals surface area contributed by atoms with Gasteiger partial charge >= 0.3 is 6.03 Å². The number of para-hydroxylation sites is 1. The van der Waals surface area contributed by atoms with Crippen molar-refractivity contribution in [2.24, 2.45) is 5.92 Å². The third-order valence-electron chi connectivity index (χ3n) is 3.17. The summed E-state index contributed by atoms with van der Waals surface area (Å²) < 4.78 is 0. The second kappa shape index (κ2) is 6.09. The first-order valence-corrected chi connectivity index (χ1v) is 7.64. The van der Waals surface area contributed by atoms with Gasteiger partial charge in [-0.1, -0.05) is 25.5 Å². The van der Waals surface area contributed by atoms with Crippen molar-refractivity contribution >= 4 is 35.3 Å². The van der Waals surface area contributed by atoms with Crippen LogP contribution in [0.1, 0.15) is 19.8 Å². The summed E-state index contributed by atoms with van der Waals surface area (Å²) in [6.07, 6.45) is 3.02. The summed E-state index contributed by atoms with van der Waals surface area (Å²) in [6.45, 7) is 1.90. The lowest BCUT2D eigenvalue weighted by atomic mass is 9.99. The Balaban J connectivity index is 2.41. The molecule has 1 aliphatic rings. The second-order valence-corrected chi connectivity index (χ2v) is 5.33. The van der Waals surface area contributed by atoms with Crippen molar-refractivity contribution in [2.45, 2.75) is 24.7 Å².